The molecule has 1 aromatic carbocycles. The number of hydrogen-bond acceptors (Lipinski definition) is 4. The van der Waals surface area contributed by atoms with Crippen LogP contribution in [0.2, 0.25) is 0 Å². The SMILES string of the molecule is Cc1cc(C)c(C)c(S(=O)(=O)N[C@H]2CCN(c3ccccn3)C2)c1C. The molecule has 0 amide bonds. The van der Waals surface area contributed by atoms with E-state index in [1.807, 2.05) is 52.0 Å². The molecule has 5 nitrogen and oxygen atoms in total. The number of nitrogens with zero attached hydrogens (tertiary/aromatic N) is 2. The van der Waals surface area contributed by atoms with Gasteiger partial charge in [-0.2, -0.15) is 0 Å². The minimum Gasteiger partial charge on any atom is -0.355 e. The van der Waals surface area contributed by atoms with Crippen LogP contribution in [0.4, 0.5) is 5.82 Å². The summed E-state index contributed by atoms with van der Waals surface area (Å²) in [6.45, 7) is 9.11. The minimum absolute atomic E-state index is 0.105. The molecule has 0 radical (unpaired) electrons. The van der Waals surface area contributed by atoms with Crippen LogP contribution < -0.4 is 9.62 Å². The van der Waals surface area contributed by atoms with Crippen LogP contribution in [0, 0.1) is 27.7 Å². The van der Waals surface area contributed by atoms with Gasteiger partial charge in [-0.3, -0.25) is 0 Å². The first-order chi connectivity index (χ1) is 11.8. The maximum atomic E-state index is 13.0. The van der Waals surface area contributed by atoms with Crippen molar-refractivity contribution in [2.75, 3.05) is 18.0 Å². The van der Waals surface area contributed by atoms with E-state index >= 15 is 0 Å². The molecule has 1 aromatic heterocycles. The number of benzene rings is 1. The molecule has 3 rings (SSSR count). The van der Waals surface area contributed by atoms with Crippen molar-refractivity contribution in [2.24, 2.45) is 0 Å². The lowest BCUT2D eigenvalue weighted by molar-refractivity contribution is 0.560. The summed E-state index contributed by atoms with van der Waals surface area (Å²) < 4.78 is 29.0. The number of hydrogen-bond donors (Lipinski definition) is 1. The number of aromatic nitrogens is 1. The molecule has 0 aliphatic carbocycles. The Hall–Kier alpha value is -1.92. The molecule has 6 heteroatoms. The Kier molecular flexibility index (Phi) is 4.84. The highest BCUT2D eigenvalue weighted by molar-refractivity contribution is 7.89. The zero-order valence-electron chi connectivity index (χ0n) is 15.2. The molecule has 1 fully saturated rings. The number of pyridine rings is 1. The van der Waals surface area contributed by atoms with Crippen LogP contribution in [-0.2, 0) is 10.0 Å². The van der Waals surface area contributed by atoms with Gasteiger partial charge in [-0.05, 0) is 68.5 Å². The Bertz CT molecular complexity index is 853. The predicted octanol–water partition coefficient (Wildman–Crippen LogP) is 2.87. The molecule has 0 spiro atoms. The lowest BCUT2D eigenvalue weighted by Gasteiger charge is -2.20. The molecular weight excluding hydrogens is 334 g/mol. The maximum Gasteiger partial charge on any atom is 0.241 e. The van der Waals surface area contributed by atoms with Gasteiger partial charge in [0.25, 0.3) is 0 Å². The summed E-state index contributed by atoms with van der Waals surface area (Å²) in [6, 6.07) is 7.72. The van der Waals surface area contributed by atoms with Gasteiger partial charge in [-0.25, -0.2) is 18.1 Å². The van der Waals surface area contributed by atoms with E-state index in [0.29, 0.717) is 11.4 Å². The fraction of sp³-hybridized carbons (Fsp3) is 0.421. The lowest BCUT2D eigenvalue weighted by atomic mass is 10.0. The largest absolute Gasteiger partial charge is 0.355 e. The Morgan fingerprint density at radius 3 is 2.40 bits per heavy atom. The van der Waals surface area contributed by atoms with E-state index in [0.717, 1.165) is 41.0 Å². The van der Waals surface area contributed by atoms with Gasteiger partial charge < -0.3 is 4.90 Å². The monoisotopic (exact) mass is 359 g/mol. The van der Waals surface area contributed by atoms with Gasteiger partial charge in [0.1, 0.15) is 5.82 Å². The van der Waals surface area contributed by atoms with Gasteiger partial charge in [-0.1, -0.05) is 12.1 Å². The van der Waals surface area contributed by atoms with Crippen LogP contribution in [0.5, 0.6) is 0 Å². The van der Waals surface area contributed by atoms with Crippen molar-refractivity contribution in [1.29, 1.82) is 0 Å². The van der Waals surface area contributed by atoms with Gasteiger partial charge in [0, 0.05) is 25.3 Å². The van der Waals surface area contributed by atoms with Crippen molar-refractivity contribution in [2.45, 2.75) is 45.1 Å². The molecule has 2 aromatic rings. The molecule has 0 saturated carbocycles. The number of aryl methyl sites for hydroxylation is 2. The van der Waals surface area contributed by atoms with Crippen molar-refractivity contribution in [3.63, 3.8) is 0 Å². The smallest absolute Gasteiger partial charge is 0.241 e. The Labute approximate surface area is 150 Å². The molecule has 1 saturated heterocycles. The highest BCUT2D eigenvalue weighted by Crippen LogP contribution is 2.27. The maximum absolute atomic E-state index is 13.0. The molecule has 1 N–H and O–H groups in total. The van der Waals surface area contributed by atoms with Crippen molar-refractivity contribution in [3.05, 3.63) is 52.7 Å². The molecule has 134 valence electrons. The third-order valence-corrected chi connectivity index (χ3v) is 6.84. The molecule has 25 heavy (non-hydrogen) atoms. The van der Waals surface area contributed by atoms with Crippen molar-refractivity contribution in [3.8, 4) is 0 Å². The summed E-state index contributed by atoms with van der Waals surface area (Å²) in [6.07, 6.45) is 2.54. The van der Waals surface area contributed by atoms with Crippen LogP contribution in [-0.4, -0.2) is 32.5 Å². The average molecular weight is 359 g/mol. The number of nitrogens with one attached hydrogen (secondary N) is 1. The normalized spacial score (nSPS) is 17.9. The summed E-state index contributed by atoms with van der Waals surface area (Å²) >= 11 is 0. The van der Waals surface area contributed by atoms with Gasteiger partial charge in [0.2, 0.25) is 10.0 Å². The van der Waals surface area contributed by atoms with E-state index in [4.69, 9.17) is 0 Å². The summed E-state index contributed by atoms with van der Waals surface area (Å²) in [4.78, 5) is 6.90. The third-order valence-electron chi connectivity index (χ3n) is 5.05. The zero-order chi connectivity index (χ0) is 18.2. The van der Waals surface area contributed by atoms with E-state index in [1.54, 1.807) is 6.20 Å². The van der Waals surface area contributed by atoms with E-state index in [1.165, 1.54) is 0 Å². The second-order valence-corrected chi connectivity index (χ2v) is 8.48. The minimum atomic E-state index is -3.55. The third kappa shape index (κ3) is 3.55. The van der Waals surface area contributed by atoms with Gasteiger partial charge >= 0.3 is 0 Å². The lowest BCUT2D eigenvalue weighted by Crippen LogP contribution is -2.38. The summed E-state index contributed by atoms with van der Waals surface area (Å²) in [5.41, 5.74) is 3.67. The first kappa shape index (κ1) is 17.9. The van der Waals surface area contributed by atoms with E-state index < -0.39 is 10.0 Å². The summed E-state index contributed by atoms with van der Waals surface area (Å²) in [7, 11) is -3.55. The van der Waals surface area contributed by atoms with E-state index in [9.17, 15) is 8.42 Å². The van der Waals surface area contributed by atoms with E-state index in [-0.39, 0.29) is 6.04 Å². The van der Waals surface area contributed by atoms with Crippen LogP contribution in [0.1, 0.15) is 28.7 Å². The molecule has 1 aliphatic rings. The predicted molar refractivity (Wildman–Crippen MR) is 101 cm³/mol. The van der Waals surface area contributed by atoms with Crippen LogP contribution in [0.25, 0.3) is 0 Å². The average Bonchev–Trinajstić information content (AvgIpc) is 3.01. The highest BCUT2D eigenvalue weighted by Gasteiger charge is 2.30. The van der Waals surface area contributed by atoms with Gasteiger partial charge in [0.15, 0.2) is 0 Å². The first-order valence-corrected chi connectivity index (χ1v) is 10.0. The highest BCUT2D eigenvalue weighted by atomic mass is 32.2. The van der Waals surface area contributed by atoms with Gasteiger partial charge in [-0.15, -0.1) is 0 Å². The number of sulfonamides is 1. The second-order valence-electron chi connectivity index (χ2n) is 6.83. The number of rotatable bonds is 4. The second kappa shape index (κ2) is 6.77. The Morgan fingerprint density at radius 1 is 1.12 bits per heavy atom. The van der Waals surface area contributed by atoms with E-state index in [2.05, 4.69) is 14.6 Å². The molecular formula is C19H25N3O2S. The van der Waals surface area contributed by atoms with Crippen LogP contribution in [0.3, 0.4) is 0 Å². The standard InChI is InChI=1S/C19H25N3O2S/c1-13-11-14(2)16(4)19(15(13)3)25(23,24)21-17-8-10-22(12-17)18-7-5-6-9-20-18/h5-7,9,11,17,21H,8,10,12H2,1-4H3/t17-/m0/s1. The molecule has 1 atom stereocenters. The fourth-order valence-electron chi connectivity index (χ4n) is 3.47. The van der Waals surface area contributed by atoms with Crippen molar-refractivity contribution >= 4 is 15.8 Å². The molecule has 0 bridgehead atoms. The summed E-state index contributed by atoms with van der Waals surface area (Å²) in [5.74, 6) is 0.892. The molecule has 2 heterocycles. The molecule has 0 unspecified atom stereocenters. The van der Waals surface area contributed by atoms with Crippen molar-refractivity contribution in [1.82, 2.24) is 9.71 Å². The molecule has 1 aliphatic heterocycles. The van der Waals surface area contributed by atoms with Crippen LogP contribution in [0.15, 0.2) is 35.4 Å². The first-order valence-electron chi connectivity index (χ1n) is 8.55. The topological polar surface area (TPSA) is 62.3 Å². The number of anilines is 1. The Balaban J connectivity index is 1.82. The quantitative estimate of drug-likeness (QED) is 0.912. The summed E-state index contributed by atoms with van der Waals surface area (Å²) in [5, 5.41) is 0. The van der Waals surface area contributed by atoms with Crippen molar-refractivity contribution < 1.29 is 8.42 Å². The zero-order valence-corrected chi connectivity index (χ0v) is 16.0. The van der Waals surface area contributed by atoms with Gasteiger partial charge in [0.05, 0.1) is 4.90 Å². The Morgan fingerprint density at radius 2 is 1.80 bits per heavy atom. The fourth-order valence-corrected chi connectivity index (χ4v) is 5.34. The van der Waals surface area contributed by atoms with Crippen LogP contribution >= 0.6 is 0 Å².